The molecule has 84 valence electrons. The lowest BCUT2D eigenvalue weighted by Gasteiger charge is -2.03. The van der Waals surface area contributed by atoms with Gasteiger partial charge in [0.05, 0.1) is 0 Å². The summed E-state index contributed by atoms with van der Waals surface area (Å²) in [6.45, 7) is 1.40. The lowest BCUT2D eigenvalue weighted by atomic mass is 10.2. The largest absolute Gasteiger partial charge is 0.399 e. The molecule has 0 aliphatic rings. The SMILES string of the molecule is Nc1cccc(CNCc2csc(=O)[nH]2)c1. The number of benzene rings is 1. The molecule has 5 heteroatoms. The number of aromatic amines is 1. The number of nitrogens with one attached hydrogen (secondary N) is 2. The van der Waals surface area contributed by atoms with Crippen LogP contribution in [0, 0.1) is 0 Å². The highest BCUT2D eigenvalue weighted by Crippen LogP contribution is 2.06. The van der Waals surface area contributed by atoms with Gasteiger partial charge in [-0.3, -0.25) is 4.79 Å². The molecule has 1 aromatic heterocycles. The van der Waals surface area contributed by atoms with E-state index in [1.54, 1.807) is 0 Å². The van der Waals surface area contributed by atoms with E-state index in [9.17, 15) is 4.79 Å². The number of anilines is 1. The predicted molar refractivity (Wildman–Crippen MR) is 66.3 cm³/mol. The summed E-state index contributed by atoms with van der Waals surface area (Å²) in [6.07, 6.45) is 0. The number of aromatic nitrogens is 1. The highest BCUT2D eigenvalue weighted by atomic mass is 32.1. The first kappa shape index (κ1) is 10.9. The minimum atomic E-state index is -0.0132. The van der Waals surface area contributed by atoms with E-state index in [0.717, 1.165) is 23.5 Å². The molecule has 0 bridgehead atoms. The number of thiazole rings is 1. The van der Waals surface area contributed by atoms with Gasteiger partial charge in [-0.1, -0.05) is 23.5 Å². The van der Waals surface area contributed by atoms with Gasteiger partial charge in [0, 0.05) is 29.9 Å². The maximum Gasteiger partial charge on any atom is 0.304 e. The molecule has 0 aliphatic heterocycles. The Labute approximate surface area is 97.1 Å². The fourth-order valence-corrected chi connectivity index (χ4v) is 2.03. The van der Waals surface area contributed by atoms with E-state index in [1.807, 2.05) is 29.6 Å². The fraction of sp³-hybridized carbons (Fsp3) is 0.182. The van der Waals surface area contributed by atoms with Gasteiger partial charge >= 0.3 is 4.87 Å². The second kappa shape index (κ2) is 4.96. The zero-order valence-electron chi connectivity index (χ0n) is 8.69. The highest BCUT2D eigenvalue weighted by Gasteiger charge is 1.97. The Balaban J connectivity index is 1.86. The van der Waals surface area contributed by atoms with Crippen LogP contribution in [0.2, 0.25) is 0 Å². The van der Waals surface area contributed by atoms with Crippen molar-refractivity contribution < 1.29 is 0 Å². The molecular weight excluding hydrogens is 222 g/mol. The molecule has 0 spiro atoms. The summed E-state index contributed by atoms with van der Waals surface area (Å²) in [5.74, 6) is 0. The van der Waals surface area contributed by atoms with Gasteiger partial charge in [-0.15, -0.1) is 0 Å². The highest BCUT2D eigenvalue weighted by molar-refractivity contribution is 7.07. The van der Waals surface area contributed by atoms with Gasteiger partial charge in [-0.25, -0.2) is 0 Å². The van der Waals surface area contributed by atoms with Crippen LogP contribution < -0.4 is 15.9 Å². The van der Waals surface area contributed by atoms with Crippen molar-refractivity contribution in [3.05, 3.63) is 50.6 Å². The number of hydrogen-bond donors (Lipinski definition) is 3. The third kappa shape index (κ3) is 2.95. The quantitative estimate of drug-likeness (QED) is 0.700. The molecule has 2 rings (SSSR count). The summed E-state index contributed by atoms with van der Waals surface area (Å²) in [4.78, 5) is 13.6. The van der Waals surface area contributed by atoms with Gasteiger partial charge < -0.3 is 16.0 Å². The maximum absolute atomic E-state index is 10.9. The first-order valence-corrected chi connectivity index (χ1v) is 5.84. The van der Waals surface area contributed by atoms with Gasteiger partial charge in [-0.05, 0) is 17.7 Å². The van der Waals surface area contributed by atoms with Gasteiger partial charge in [0.15, 0.2) is 0 Å². The van der Waals surface area contributed by atoms with Crippen molar-refractivity contribution in [3.8, 4) is 0 Å². The molecule has 0 aliphatic carbocycles. The van der Waals surface area contributed by atoms with Crippen LogP contribution in [0.4, 0.5) is 5.69 Å². The molecule has 0 radical (unpaired) electrons. The van der Waals surface area contributed by atoms with Crippen LogP contribution in [-0.2, 0) is 13.1 Å². The minimum absolute atomic E-state index is 0.0132. The Morgan fingerprint density at radius 3 is 2.94 bits per heavy atom. The second-order valence-corrected chi connectivity index (χ2v) is 4.36. The number of rotatable bonds is 4. The Kier molecular flexibility index (Phi) is 3.38. The predicted octanol–water partition coefficient (Wildman–Crippen LogP) is 1.31. The zero-order chi connectivity index (χ0) is 11.4. The molecule has 0 unspecified atom stereocenters. The van der Waals surface area contributed by atoms with E-state index < -0.39 is 0 Å². The first-order chi connectivity index (χ1) is 7.74. The van der Waals surface area contributed by atoms with Crippen molar-refractivity contribution in [3.63, 3.8) is 0 Å². The van der Waals surface area contributed by atoms with Gasteiger partial charge in [-0.2, -0.15) is 0 Å². The average molecular weight is 235 g/mol. The third-order valence-corrected chi connectivity index (χ3v) is 2.88. The van der Waals surface area contributed by atoms with Crippen LogP contribution in [0.3, 0.4) is 0 Å². The van der Waals surface area contributed by atoms with Crippen LogP contribution in [-0.4, -0.2) is 4.98 Å². The number of nitrogen functional groups attached to an aromatic ring is 1. The summed E-state index contributed by atoms with van der Waals surface area (Å²) in [6, 6.07) is 7.74. The van der Waals surface area contributed by atoms with Crippen molar-refractivity contribution in [2.75, 3.05) is 5.73 Å². The van der Waals surface area contributed by atoms with Crippen LogP contribution in [0.1, 0.15) is 11.3 Å². The topological polar surface area (TPSA) is 70.9 Å². The van der Waals surface area contributed by atoms with Crippen molar-refractivity contribution in [1.82, 2.24) is 10.3 Å². The summed E-state index contributed by atoms with van der Waals surface area (Å²) in [5, 5.41) is 5.07. The molecule has 16 heavy (non-hydrogen) atoms. The Bertz CT molecular complexity index is 518. The van der Waals surface area contributed by atoms with Crippen molar-refractivity contribution >= 4 is 17.0 Å². The van der Waals surface area contributed by atoms with Crippen molar-refractivity contribution in [2.45, 2.75) is 13.1 Å². The van der Waals surface area contributed by atoms with Crippen LogP contribution in [0.5, 0.6) is 0 Å². The molecule has 2 aromatic rings. The van der Waals surface area contributed by atoms with E-state index in [4.69, 9.17) is 5.73 Å². The van der Waals surface area contributed by atoms with Gasteiger partial charge in [0.1, 0.15) is 0 Å². The van der Waals surface area contributed by atoms with Crippen LogP contribution in [0.25, 0.3) is 0 Å². The zero-order valence-corrected chi connectivity index (χ0v) is 9.51. The molecule has 4 N–H and O–H groups in total. The summed E-state index contributed by atoms with van der Waals surface area (Å²) < 4.78 is 0. The fourth-order valence-electron chi connectivity index (χ4n) is 1.45. The molecule has 1 heterocycles. The summed E-state index contributed by atoms with van der Waals surface area (Å²) in [7, 11) is 0. The van der Waals surface area contributed by atoms with E-state index in [0.29, 0.717) is 6.54 Å². The van der Waals surface area contributed by atoms with Crippen molar-refractivity contribution in [1.29, 1.82) is 0 Å². The molecular formula is C11H13N3OS. The molecule has 0 saturated heterocycles. The average Bonchev–Trinajstić information content (AvgIpc) is 2.64. The van der Waals surface area contributed by atoms with Crippen LogP contribution >= 0.6 is 11.3 Å². The maximum atomic E-state index is 10.9. The molecule has 0 saturated carbocycles. The Morgan fingerprint density at radius 1 is 1.38 bits per heavy atom. The normalized spacial score (nSPS) is 10.5. The van der Waals surface area contributed by atoms with Crippen LogP contribution in [0.15, 0.2) is 34.4 Å². The molecule has 1 aromatic carbocycles. The molecule has 0 atom stereocenters. The summed E-state index contributed by atoms with van der Waals surface area (Å²) in [5.41, 5.74) is 8.49. The monoisotopic (exact) mass is 235 g/mol. The third-order valence-electron chi connectivity index (χ3n) is 2.17. The molecule has 4 nitrogen and oxygen atoms in total. The van der Waals surface area contributed by atoms with Crippen molar-refractivity contribution in [2.24, 2.45) is 0 Å². The first-order valence-electron chi connectivity index (χ1n) is 4.96. The van der Waals surface area contributed by atoms with Gasteiger partial charge in [0.2, 0.25) is 0 Å². The Morgan fingerprint density at radius 2 is 2.25 bits per heavy atom. The smallest absolute Gasteiger partial charge is 0.304 e. The lowest BCUT2D eigenvalue weighted by Crippen LogP contribution is -2.13. The van der Waals surface area contributed by atoms with E-state index in [2.05, 4.69) is 10.3 Å². The number of hydrogen-bond acceptors (Lipinski definition) is 4. The second-order valence-electron chi connectivity index (χ2n) is 3.52. The summed E-state index contributed by atoms with van der Waals surface area (Å²) >= 11 is 1.18. The minimum Gasteiger partial charge on any atom is -0.399 e. The van der Waals surface area contributed by atoms with E-state index in [1.165, 1.54) is 11.3 Å². The standard InChI is InChI=1S/C11H13N3OS/c12-9-3-1-2-8(4-9)5-13-6-10-7-16-11(15)14-10/h1-4,7,13H,5-6,12H2,(H,14,15). The number of nitrogens with two attached hydrogens (primary N) is 1. The molecule has 0 fully saturated rings. The number of H-pyrrole nitrogens is 1. The van der Waals surface area contributed by atoms with Gasteiger partial charge in [0.25, 0.3) is 0 Å². The molecule has 0 amide bonds. The lowest BCUT2D eigenvalue weighted by molar-refractivity contribution is 0.682. The van der Waals surface area contributed by atoms with E-state index in [-0.39, 0.29) is 4.87 Å². The van der Waals surface area contributed by atoms with E-state index >= 15 is 0 Å². The Hall–Kier alpha value is -1.59.